The van der Waals surface area contributed by atoms with Gasteiger partial charge in [-0.3, -0.25) is 5.41 Å². The predicted octanol–water partition coefficient (Wildman–Crippen LogP) is 3.41. The lowest BCUT2D eigenvalue weighted by Crippen LogP contribution is -2.37. The zero-order valence-electron chi connectivity index (χ0n) is 9.89. The van der Waals surface area contributed by atoms with E-state index in [1.165, 1.54) is 18.2 Å². The largest absolute Gasteiger partial charge is 0.399 e. The van der Waals surface area contributed by atoms with Crippen molar-refractivity contribution in [3.63, 3.8) is 0 Å². The third-order valence-corrected chi connectivity index (χ3v) is 4.58. The lowest BCUT2D eigenvalue weighted by Gasteiger charge is -2.28. The predicted molar refractivity (Wildman–Crippen MR) is 65.3 cm³/mol. The average molecular weight is 268 g/mol. The molecule has 0 aliphatic heterocycles. The number of thioether (sulfide) groups is 1. The lowest BCUT2D eigenvalue weighted by molar-refractivity contribution is -0.150. The number of halogens is 3. The van der Waals surface area contributed by atoms with Crippen LogP contribution in [-0.2, 0) is 0 Å². The van der Waals surface area contributed by atoms with Gasteiger partial charge in [-0.15, -0.1) is 0 Å². The minimum atomic E-state index is -4.39. The molecule has 0 bridgehead atoms. The topological polar surface area (TPSA) is 49.9 Å². The van der Waals surface area contributed by atoms with Gasteiger partial charge in [0.05, 0.1) is 0 Å². The maximum absolute atomic E-state index is 12.6. The molecule has 3 N–H and O–H groups in total. The molecule has 17 heavy (non-hydrogen) atoms. The van der Waals surface area contributed by atoms with Crippen LogP contribution in [0.15, 0.2) is 0 Å². The number of hydrogen-bond acceptors (Lipinski definition) is 2. The fraction of sp³-hybridized carbons (Fsp3) is 0.909. The fourth-order valence-electron chi connectivity index (χ4n) is 2.12. The molecule has 1 aliphatic rings. The molecule has 1 fully saturated rings. The highest BCUT2D eigenvalue weighted by Crippen LogP contribution is 2.36. The van der Waals surface area contributed by atoms with Crippen LogP contribution in [0.4, 0.5) is 13.2 Å². The molecular formula is C11H19F3N2S. The zero-order valence-corrected chi connectivity index (χ0v) is 10.7. The zero-order chi connectivity index (χ0) is 13.1. The van der Waals surface area contributed by atoms with Crippen LogP contribution in [0.1, 0.15) is 32.6 Å². The smallest absolute Gasteiger partial charge is 0.387 e. The molecule has 0 aromatic carbocycles. The SMILES string of the molecule is CC1CCCC(SCC(C(=N)N)C(F)(F)F)C1. The fourth-order valence-corrected chi connectivity index (χ4v) is 3.75. The highest BCUT2D eigenvalue weighted by Gasteiger charge is 2.42. The van der Waals surface area contributed by atoms with Crippen molar-refractivity contribution in [3.05, 3.63) is 0 Å². The van der Waals surface area contributed by atoms with Gasteiger partial charge in [0.25, 0.3) is 0 Å². The molecule has 3 atom stereocenters. The molecule has 0 amide bonds. The summed E-state index contributed by atoms with van der Waals surface area (Å²) in [5.41, 5.74) is 5.02. The van der Waals surface area contributed by atoms with Gasteiger partial charge in [0.1, 0.15) is 11.8 Å². The molecule has 6 heteroatoms. The first-order chi connectivity index (χ1) is 7.80. The molecule has 0 heterocycles. The second kappa shape index (κ2) is 5.98. The van der Waals surface area contributed by atoms with Crippen LogP contribution in [0.3, 0.4) is 0 Å². The van der Waals surface area contributed by atoms with E-state index in [1.807, 2.05) is 0 Å². The quantitative estimate of drug-likeness (QED) is 0.606. The van der Waals surface area contributed by atoms with E-state index >= 15 is 0 Å². The van der Waals surface area contributed by atoms with E-state index in [1.54, 1.807) is 0 Å². The highest BCUT2D eigenvalue weighted by atomic mass is 32.2. The van der Waals surface area contributed by atoms with Gasteiger partial charge in [0.2, 0.25) is 0 Å². The van der Waals surface area contributed by atoms with E-state index in [2.05, 4.69) is 6.92 Å². The summed E-state index contributed by atoms with van der Waals surface area (Å²) >= 11 is 1.32. The monoisotopic (exact) mass is 268 g/mol. The highest BCUT2D eigenvalue weighted by molar-refractivity contribution is 7.99. The number of nitrogens with one attached hydrogen (secondary N) is 1. The Morgan fingerprint density at radius 2 is 2.12 bits per heavy atom. The summed E-state index contributed by atoms with van der Waals surface area (Å²) in [6, 6.07) is 0. The molecule has 1 saturated carbocycles. The molecule has 0 spiro atoms. The van der Waals surface area contributed by atoms with Crippen molar-refractivity contribution in [1.29, 1.82) is 5.41 Å². The van der Waals surface area contributed by atoms with Crippen LogP contribution in [0.5, 0.6) is 0 Å². The third-order valence-electron chi connectivity index (χ3n) is 3.16. The van der Waals surface area contributed by atoms with Crippen LogP contribution in [0, 0.1) is 17.2 Å². The molecule has 1 aliphatic carbocycles. The minimum absolute atomic E-state index is 0.115. The van der Waals surface area contributed by atoms with Gasteiger partial charge >= 0.3 is 6.18 Å². The summed E-state index contributed by atoms with van der Waals surface area (Å²) in [5.74, 6) is -2.07. The van der Waals surface area contributed by atoms with Gasteiger partial charge in [-0.2, -0.15) is 24.9 Å². The van der Waals surface area contributed by atoms with Crippen molar-refractivity contribution in [3.8, 4) is 0 Å². The van der Waals surface area contributed by atoms with Crippen LogP contribution < -0.4 is 5.73 Å². The minimum Gasteiger partial charge on any atom is -0.387 e. The van der Waals surface area contributed by atoms with E-state index < -0.39 is 17.9 Å². The van der Waals surface area contributed by atoms with Gasteiger partial charge in [0, 0.05) is 11.0 Å². The maximum Gasteiger partial charge on any atom is 0.399 e. The van der Waals surface area contributed by atoms with Crippen LogP contribution in [0.25, 0.3) is 0 Å². The molecule has 0 aromatic rings. The second-order valence-electron chi connectivity index (χ2n) is 4.78. The van der Waals surface area contributed by atoms with E-state index in [-0.39, 0.29) is 5.75 Å². The van der Waals surface area contributed by atoms with Crippen molar-refractivity contribution in [1.82, 2.24) is 0 Å². The molecule has 0 aromatic heterocycles. The van der Waals surface area contributed by atoms with Gasteiger partial charge in [0.15, 0.2) is 0 Å². The van der Waals surface area contributed by atoms with Crippen LogP contribution in [-0.4, -0.2) is 23.0 Å². The number of hydrogen-bond donors (Lipinski definition) is 2. The Hall–Kier alpha value is -0.390. The maximum atomic E-state index is 12.6. The molecular weight excluding hydrogens is 249 g/mol. The average Bonchev–Trinajstić information content (AvgIpc) is 2.15. The summed E-state index contributed by atoms with van der Waals surface area (Å²) in [4.78, 5) is 0. The summed E-state index contributed by atoms with van der Waals surface area (Å²) in [5, 5.41) is 7.30. The van der Waals surface area contributed by atoms with Gasteiger partial charge < -0.3 is 5.73 Å². The van der Waals surface area contributed by atoms with Crippen molar-refractivity contribution < 1.29 is 13.2 Å². The normalized spacial score (nSPS) is 27.8. The Kier molecular flexibility index (Phi) is 5.16. The van der Waals surface area contributed by atoms with Crippen LogP contribution in [0.2, 0.25) is 0 Å². The summed E-state index contributed by atoms with van der Waals surface area (Å²) in [6.45, 7) is 2.14. The number of rotatable bonds is 4. The lowest BCUT2D eigenvalue weighted by atomic mass is 9.91. The summed E-state index contributed by atoms with van der Waals surface area (Å²) in [6.07, 6.45) is -0.161. The molecule has 1 rings (SSSR count). The molecule has 0 saturated heterocycles. The number of alkyl halides is 3. The van der Waals surface area contributed by atoms with E-state index in [4.69, 9.17) is 11.1 Å². The number of nitrogens with two attached hydrogens (primary N) is 1. The molecule has 0 radical (unpaired) electrons. The van der Waals surface area contributed by atoms with Gasteiger partial charge in [-0.05, 0) is 18.8 Å². The molecule has 100 valence electrons. The first-order valence-electron chi connectivity index (χ1n) is 5.83. The van der Waals surface area contributed by atoms with Crippen molar-refractivity contribution in [2.24, 2.45) is 17.6 Å². The van der Waals surface area contributed by atoms with Crippen molar-refractivity contribution in [2.45, 2.75) is 44.0 Å². The first kappa shape index (κ1) is 14.7. The van der Waals surface area contributed by atoms with Gasteiger partial charge in [-0.1, -0.05) is 19.8 Å². The molecule has 3 unspecified atom stereocenters. The summed E-state index contributed by atoms with van der Waals surface area (Å²) in [7, 11) is 0. The Morgan fingerprint density at radius 1 is 1.47 bits per heavy atom. The molecule has 2 nitrogen and oxygen atoms in total. The number of amidine groups is 1. The Labute approximate surface area is 104 Å². The second-order valence-corrected chi connectivity index (χ2v) is 6.11. The van der Waals surface area contributed by atoms with E-state index in [0.717, 1.165) is 19.3 Å². The van der Waals surface area contributed by atoms with Crippen molar-refractivity contribution >= 4 is 17.6 Å². The van der Waals surface area contributed by atoms with Crippen LogP contribution >= 0.6 is 11.8 Å². The van der Waals surface area contributed by atoms with Crippen molar-refractivity contribution in [2.75, 3.05) is 5.75 Å². The Morgan fingerprint density at radius 3 is 2.59 bits per heavy atom. The third kappa shape index (κ3) is 4.77. The first-order valence-corrected chi connectivity index (χ1v) is 6.87. The summed E-state index contributed by atoms with van der Waals surface area (Å²) < 4.78 is 37.7. The Balaban J connectivity index is 2.44. The standard InChI is InChI=1S/C11H19F3N2S/c1-7-3-2-4-8(5-7)17-6-9(10(15)16)11(12,13)14/h7-9H,2-6H2,1H3,(H3,15,16). The van der Waals surface area contributed by atoms with Gasteiger partial charge in [-0.25, -0.2) is 0 Å². The van der Waals surface area contributed by atoms with E-state index in [0.29, 0.717) is 11.2 Å². The Bertz CT molecular complexity index is 268. The van der Waals surface area contributed by atoms with E-state index in [9.17, 15) is 13.2 Å².